The standard InChI is InChI=1S/C17H29NO/c1-7-13(4)16(18-8-2)11-19-17-10-12(3)9-14(5)15(17)6/h9-10,13,16,18H,7-8,11H2,1-6H3. The Morgan fingerprint density at radius 3 is 2.42 bits per heavy atom. The maximum atomic E-state index is 6.07. The number of ether oxygens (including phenoxy) is 1. The molecular formula is C17H29NO. The molecule has 0 saturated heterocycles. The normalized spacial score (nSPS) is 14.2. The molecule has 2 unspecified atom stereocenters. The van der Waals surface area contributed by atoms with Crippen molar-refractivity contribution in [2.45, 2.75) is 54.0 Å². The van der Waals surface area contributed by atoms with Crippen LogP contribution in [0.3, 0.4) is 0 Å². The molecule has 0 radical (unpaired) electrons. The Morgan fingerprint density at radius 1 is 1.16 bits per heavy atom. The Labute approximate surface area is 118 Å². The van der Waals surface area contributed by atoms with E-state index >= 15 is 0 Å². The topological polar surface area (TPSA) is 21.3 Å². The van der Waals surface area contributed by atoms with Crippen LogP contribution in [-0.2, 0) is 0 Å². The molecule has 0 bridgehead atoms. The lowest BCUT2D eigenvalue weighted by molar-refractivity contribution is 0.221. The molecule has 1 rings (SSSR count). The lowest BCUT2D eigenvalue weighted by Gasteiger charge is -2.24. The van der Waals surface area contributed by atoms with Crippen molar-refractivity contribution in [3.63, 3.8) is 0 Å². The molecule has 0 aliphatic rings. The van der Waals surface area contributed by atoms with Crippen molar-refractivity contribution in [2.24, 2.45) is 5.92 Å². The van der Waals surface area contributed by atoms with Crippen molar-refractivity contribution < 1.29 is 4.74 Å². The highest BCUT2D eigenvalue weighted by atomic mass is 16.5. The van der Waals surface area contributed by atoms with Gasteiger partial charge >= 0.3 is 0 Å². The second kappa shape index (κ2) is 7.54. The van der Waals surface area contributed by atoms with Gasteiger partial charge in [-0.2, -0.15) is 0 Å². The largest absolute Gasteiger partial charge is 0.492 e. The van der Waals surface area contributed by atoms with Crippen LogP contribution < -0.4 is 10.1 Å². The summed E-state index contributed by atoms with van der Waals surface area (Å²) in [5.41, 5.74) is 3.82. The number of hydrogen-bond acceptors (Lipinski definition) is 2. The van der Waals surface area contributed by atoms with Crippen molar-refractivity contribution in [1.29, 1.82) is 0 Å². The predicted octanol–water partition coefficient (Wildman–Crippen LogP) is 4.01. The first-order valence-electron chi connectivity index (χ1n) is 7.43. The Bertz CT molecular complexity index is 400. The number of hydrogen-bond donors (Lipinski definition) is 1. The van der Waals surface area contributed by atoms with Crippen LogP contribution in [0.4, 0.5) is 0 Å². The first kappa shape index (κ1) is 16.0. The molecule has 0 aromatic heterocycles. The highest BCUT2D eigenvalue weighted by Gasteiger charge is 2.16. The molecule has 1 aromatic rings. The molecule has 1 N–H and O–H groups in total. The van der Waals surface area contributed by atoms with E-state index in [-0.39, 0.29) is 0 Å². The molecule has 2 heteroatoms. The van der Waals surface area contributed by atoms with E-state index in [9.17, 15) is 0 Å². The first-order valence-corrected chi connectivity index (χ1v) is 7.43. The number of aryl methyl sites for hydroxylation is 2. The molecule has 0 saturated carbocycles. The van der Waals surface area contributed by atoms with Crippen LogP contribution in [0.1, 0.15) is 43.9 Å². The molecule has 0 fully saturated rings. The maximum Gasteiger partial charge on any atom is 0.122 e. The SMILES string of the molecule is CCNC(COc1cc(C)cc(C)c1C)C(C)CC. The molecule has 0 aliphatic heterocycles. The monoisotopic (exact) mass is 263 g/mol. The van der Waals surface area contributed by atoms with Crippen LogP contribution in [0.5, 0.6) is 5.75 Å². The Hall–Kier alpha value is -1.02. The lowest BCUT2D eigenvalue weighted by atomic mass is 10.00. The Kier molecular flexibility index (Phi) is 6.36. The summed E-state index contributed by atoms with van der Waals surface area (Å²) in [7, 11) is 0. The number of likely N-dealkylation sites (N-methyl/N-ethyl adjacent to an activating group) is 1. The van der Waals surface area contributed by atoms with Crippen LogP contribution in [0, 0.1) is 26.7 Å². The summed E-state index contributed by atoms with van der Waals surface area (Å²) in [6, 6.07) is 4.77. The van der Waals surface area contributed by atoms with E-state index < -0.39 is 0 Å². The average molecular weight is 263 g/mol. The van der Waals surface area contributed by atoms with Gasteiger partial charge in [-0.3, -0.25) is 0 Å². The van der Waals surface area contributed by atoms with E-state index in [2.05, 4.69) is 59.0 Å². The fraction of sp³-hybridized carbons (Fsp3) is 0.647. The molecule has 0 amide bonds. The van der Waals surface area contributed by atoms with Crippen LogP contribution in [0.15, 0.2) is 12.1 Å². The van der Waals surface area contributed by atoms with Crippen molar-refractivity contribution >= 4 is 0 Å². The molecule has 1 aromatic carbocycles. The average Bonchev–Trinajstić information content (AvgIpc) is 2.38. The highest BCUT2D eigenvalue weighted by Crippen LogP contribution is 2.24. The minimum absolute atomic E-state index is 0.426. The van der Waals surface area contributed by atoms with Gasteiger partial charge in [0, 0.05) is 6.04 Å². The van der Waals surface area contributed by atoms with Gasteiger partial charge in [0.2, 0.25) is 0 Å². The van der Waals surface area contributed by atoms with Gasteiger partial charge in [-0.1, -0.05) is 33.3 Å². The van der Waals surface area contributed by atoms with E-state index in [1.54, 1.807) is 0 Å². The van der Waals surface area contributed by atoms with E-state index in [1.807, 2.05) is 0 Å². The van der Waals surface area contributed by atoms with Gasteiger partial charge in [-0.15, -0.1) is 0 Å². The third-order valence-corrected chi connectivity index (χ3v) is 3.98. The molecule has 2 atom stereocenters. The van der Waals surface area contributed by atoms with Crippen LogP contribution in [0.25, 0.3) is 0 Å². The van der Waals surface area contributed by atoms with Crippen LogP contribution >= 0.6 is 0 Å². The van der Waals surface area contributed by atoms with Gasteiger partial charge in [-0.05, 0) is 56.0 Å². The molecule has 19 heavy (non-hydrogen) atoms. The molecule has 0 heterocycles. The zero-order valence-corrected chi connectivity index (χ0v) is 13.3. The van der Waals surface area contributed by atoms with Gasteiger partial charge in [-0.25, -0.2) is 0 Å². The van der Waals surface area contributed by atoms with Gasteiger partial charge in [0.05, 0.1) is 0 Å². The zero-order valence-electron chi connectivity index (χ0n) is 13.3. The summed E-state index contributed by atoms with van der Waals surface area (Å²) in [5, 5.41) is 3.53. The van der Waals surface area contributed by atoms with Gasteiger partial charge in [0.15, 0.2) is 0 Å². The zero-order chi connectivity index (χ0) is 14.4. The number of nitrogens with one attached hydrogen (secondary N) is 1. The Balaban J connectivity index is 2.74. The smallest absolute Gasteiger partial charge is 0.122 e. The highest BCUT2D eigenvalue weighted by molar-refractivity contribution is 5.41. The fourth-order valence-corrected chi connectivity index (χ4v) is 2.30. The van der Waals surface area contributed by atoms with Crippen molar-refractivity contribution in [3.8, 4) is 5.75 Å². The first-order chi connectivity index (χ1) is 8.99. The second-order valence-corrected chi connectivity index (χ2v) is 5.57. The predicted molar refractivity (Wildman–Crippen MR) is 83.1 cm³/mol. The third-order valence-electron chi connectivity index (χ3n) is 3.98. The van der Waals surface area contributed by atoms with E-state index in [0.717, 1.165) is 18.9 Å². The minimum Gasteiger partial charge on any atom is -0.492 e. The summed E-state index contributed by atoms with van der Waals surface area (Å²) in [6.07, 6.45) is 1.17. The fourth-order valence-electron chi connectivity index (χ4n) is 2.30. The van der Waals surface area contributed by atoms with Crippen molar-refractivity contribution in [2.75, 3.05) is 13.2 Å². The quantitative estimate of drug-likeness (QED) is 0.802. The second-order valence-electron chi connectivity index (χ2n) is 5.57. The number of benzene rings is 1. The maximum absolute atomic E-state index is 6.07. The molecule has 0 aliphatic carbocycles. The molecular weight excluding hydrogens is 234 g/mol. The summed E-state index contributed by atoms with van der Waals surface area (Å²) in [6.45, 7) is 14.8. The third kappa shape index (κ3) is 4.54. The summed E-state index contributed by atoms with van der Waals surface area (Å²) in [5.74, 6) is 1.66. The van der Waals surface area contributed by atoms with E-state index in [1.165, 1.54) is 23.1 Å². The Morgan fingerprint density at radius 2 is 1.84 bits per heavy atom. The number of rotatable bonds is 7. The molecule has 0 spiro atoms. The van der Waals surface area contributed by atoms with Crippen molar-refractivity contribution in [3.05, 3.63) is 28.8 Å². The summed E-state index contributed by atoms with van der Waals surface area (Å²) in [4.78, 5) is 0. The molecule has 2 nitrogen and oxygen atoms in total. The van der Waals surface area contributed by atoms with Crippen LogP contribution in [0.2, 0.25) is 0 Å². The summed E-state index contributed by atoms with van der Waals surface area (Å²) >= 11 is 0. The van der Waals surface area contributed by atoms with E-state index in [0.29, 0.717) is 12.0 Å². The van der Waals surface area contributed by atoms with E-state index in [4.69, 9.17) is 4.74 Å². The van der Waals surface area contributed by atoms with Crippen LogP contribution in [-0.4, -0.2) is 19.2 Å². The molecule has 108 valence electrons. The summed E-state index contributed by atoms with van der Waals surface area (Å²) < 4.78 is 6.07. The van der Waals surface area contributed by atoms with Crippen molar-refractivity contribution in [1.82, 2.24) is 5.32 Å². The van der Waals surface area contributed by atoms with Gasteiger partial charge in [0.1, 0.15) is 12.4 Å². The lowest BCUT2D eigenvalue weighted by Crippen LogP contribution is -2.39. The van der Waals surface area contributed by atoms with Gasteiger partial charge in [0.25, 0.3) is 0 Å². The minimum atomic E-state index is 0.426. The van der Waals surface area contributed by atoms with Gasteiger partial charge < -0.3 is 10.1 Å².